The zero-order valence-corrected chi connectivity index (χ0v) is 13.0. The van der Waals surface area contributed by atoms with Crippen molar-refractivity contribution in [3.05, 3.63) is 58.6 Å². The van der Waals surface area contributed by atoms with E-state index in [2.05, 4.69) is 33.4 Å². The number of halogens is 1. The summed E-state index contributed by atoms with van der Waals surface area (Å²) in [5.41, 5.74) is 2.32. The number of anilines is 1. The molecule has 0 aliphatic carbocycles. The van der Waals surface area contributed by atoms with E-state index in [-0.39, 0.29) is 0 Å². The van der Waals surface area contributed by atoms with Crippen molar-refractivity contribution in [1.29, 1.82) is 0 Å². The van der Waals surface area contributed by atoms with Gasteiger partial charge in [-0.1, -0.05) is 28.1 Å². The zero-order valence-electron chi connectivity index (χ0n) is 11.4. The zero-order chi connectivity index (χ0) is 14.2. The Morgan fingerprint density at radius 3 is 2.30 bits per heavy atom. The molecule has 0 atom stereocenters. The second kappa shape index (κ2) is 7.92. The maximum absolute atomic E-state index is 5.52. The van der Waals surface area contributed by atoms with Gasteiger partial charge in [-0.05, 0) is 42.0 Å². The first kappa shape index (κ1) is 14.9. The molecule has 0 radical (unpaired) electrons. The van der Waals surface area contributed by atoms with Crippen LogP contribution in [-0.4, -0.2) is 20.3 Å². The minimum Gasteiger partial charge on any atom is -0.491 e. The molecule has 0 unspecified atom stereocenters. The average molecular weight is 336 g/mol. The van der Waals surface area contributed by atoms with E-state index in [1.807, 2.05) is 36.4 Å². The van der Waals surface area contributed by atoms with E-state index in [1.54, 1.807) is 7.11 Å². The Hall–Kier alpha value is -1.52. The van der Waals surface area contributed by atoms with Crippen molar-refractivity contribution in [3.8, 4) is 5.75 Å². The predicted molar refractivity (Wildman–Crippen MR) is 85.3 cm³/mol. The first-order valence-electron chi connectivity index (χ1n) is 6.48. The van der Waals surface area contributed by atoms with E-state index in [9.17, 15) is 0 Å². The minimum absolute atomic E-state index is 0.572. The van der Waals surface area contributed by atoms with Crippen LogP contribution >= 0.6 is 15.9 Å². The van der Waals surface area contributed by atoms with Crippen molar-refractivity contribution in [2.24, 2.45) is 0 Å². The highest BCUT2D eigenvalue weighted by Crippen LogP contribution is 2.17. The number of hydrogen-bond acceptors (Lipinski definition) is 3. The van der Waals surface area contributed by atoms with Crippen LogP contribution in [0.15, 0.2) is 53.0 Å². The monoisotopic (exact) mass is 335 g/mol. The molecule has 1 N–H and O–H groups in total. The quantitative estimate of drug-likeness (QED) is 0.773. The van der Waals surface area contributed by atoms with Gasteiger partial charge in [0, 0.05) is 23.8 Å². The molecular formula is C16H18BrNO2. The van der Waals surface area contributed by atoms with Gasteiger partial charge >= 0.3 is 0 Å². The summed E-state index contributed by atoms with van der Waals surface area (Å²) in [5.74, 6) is 0.858. The van der Waals surface area contributed by atoms with Crippen LogP contribution in [0.3, 0.4) is 0 Å². The molecule has 0 spiro atoms. The molecule has 0 aliphatic heterocycles. The normalized spacial score (nSPS) is 10.3. The van der Waals surface area contributed by atoms with Crippen LogP contribution in [0, 0.1) is 0 Å². The van der Waals surface area contributed by atoms with Crippen LogP contribution < -0.4 is 10.1 Å². The number of benzene rings is 2. The Morgan fingerprint density at radius 2 is 1.65 bits per heavy atom. The van der Waals surface area contributed by atoms with Crippen molar-refractivity contribution in [2.75, 3.05) is 25.6 Å². The lowest BCUT2D eigenvalue weighted by atomic mass is 10.2. The summed E-state index contributed by atoms with van der Waals surface area (Å²) in [5, 5.41) is 3.38. The Kier molecular flexibility index (Phi) is 5.89. The first-order valence-corrected chi connectivity index (χ1v) is 7.27. The van der Waals surface area contributed by atoms with E-state index in [4.69, 9.17) is 9.47 Å². The van der Waals surface area contributed by atoms with Crippen LogP contribution in [0.1, 0.15) is 5.56 Å². The predicted octanol–water partition coefficient (Wildman–Crippen LogP) is 4.09. The standard InChI is InChI=1S/C16H18BrNO2/c1-19-10-11-20-16-8-6-15(7-9-16)18-12-13-2-4-14(17)5-3-13/h2-9,18H,10-12H2,1H3. The molecule has 106 valence electrons. The van der Waals surface area contributed by atoms with E-state index in [0.29, 0.717) is 13.2 Å². The molecule has 0 fully saturated rings. The molecule has 0 amide bonds. The summed E-state index contributed by atoms with van der Waals surface area (Å²) in [4.78, 5) is 0. The summed E-state index contributed by atoms with van der Waals surface area (Å²) in [6.07, 6.45) is 0. The molecule has 0 bridgehead atoms. The van der Waals surface area contributed by atoms with E-state index >= 15 is 0 Å². The van der Waals surface area contributed by atoms with Gasteiger partial charge in [0.05, 0.1) is 6.61 Å². The van der Waals surface area contributed by atoms with E-state index in [0.717, 1.165) is 22.5 Å². The van der Waals surface area contributed by atoms with Gasteiger partial charge in [-0.2, -0.15) is 0 Å². The average Bonchev–Trinajstić information content (AvgIpc) is 2.48. The van der Waals surface area contributed by atoms with Gasteiger partial charge in [0.25, 0.3) is 0 Å². The fraction of sp³-hybridized carbons (Fsp3) is 0.250. The summed E-state index contributed by atoms with van der Waals surface area (Å²) < 4.78 is 11.6. The molecule has 4 heteroatoms. The Labute approximate surface area is 128 Å². The van der Waals surface area contributed by atoms with Gasteiger partial charge < -0.3 is 14.8 Å². The second-order valence-corrected chi connectivity index (χ2v) is 5.26. The van der Waals surface area contributed by atoms with Crippen LogP contribution in [0.2, 0.25) is 0 Å². The van der Waals surface area contributed by atoms with Gasteiger partial charge in [-0.25, -0.2) is 0 Å². The summed E-state index contributed by atoms with van der Waals surface area (Å²) in [6.45, 7) is 1.98. The molecule has 0 heterocycles. The van der Waals surface area contributed by atoms with Crippen LogP contribution in [0.25, 0.3) is 0 Å². The minimum atomic E-state index is 0.572. The summed E-state index contributed by atoms with van der Waals surface area (Å²) >= 11 is 3.43. The topological polar surface area (TPSA) is 30.5 Å². The van der Waals surface area contributed by atoms with Crippen LogP contribution in [0.5, 0.6) is 5.75 Å². The molecule has 0 saturated carbocycles. The van der Waals surface area contributed by atoms with Crippen molar-refractivity contribution in [2.45, 2.75) is 6.54 Å². The third-order valence-corrected chi connectivity index (χ3v) is 3.35. The Balaban J connectivity index is 1.82. The summed E-state index contributed by atoms with van der Waals surface area (Å²) in [7, 11) is 1.67. The van der Waals surface area contributed by atoms with Gasteiger partial charge in [0.15, 0.2) is 0 Å². The second-order valence-electron chi connectivity index (χ2n) is 4.35. The van der Waals surface area contributed by atoms with Gasteiger partial charge in [0.2, 0.25) is 0 Å². The lowest BCUT2D eigenvalue weighted by Gasteiger charge is -2.09. The van der Waals surface area contributed by atoms with Gasteiger partial charge in [0.1, 0.15) is 12.4 Å². The largest absolute Gasteiger partial charge is 0.491 e. The van der Waals surface area contributed by atoms with Gasteiger partial charge in [-0.15, -0.1) is 0 Å². The molecule has 2 aromatic carbocycles. The number of nitrogens with one attached hydrogen (secondary N) is 1. The molecule has 0 aromatic heterocycles. The van der Waals surface area contributed by atoms with Crippen molar-refractivity contribution < 1.29 is 9.47 Å². The van der Waals surface area contributed by atoms with E-state index < -0.39 is 0 Å². The van der Waals surface area contributed by atoms with Crippen LogP contribution in [-0.2, 0) is 11.3 Å². The van der Waals surface area contributed by atoms with E-state index in [1.165, 1.54) is 5.56 Å². The van der Waals surface area contributed by atoms with Crippen molar-refractivity contribution in [1.82, 2.24) is 0 Å². The third kappa shape index (κ3) is 4.87. The maximum atomic E-state index is 5.52. The molecular weight excluding hydrogens is 318 g/mol. The molecule has 2 rings (SSSR count). The fourth-order valence-corrected chi connectivity index (χ4v) is 1.98. The molecule has 3 nitrogen and oxygen atoms in total. The van der Waals surface area contributed by atoms with Gasteiger partial charge in [-0.3, -0.25) is 0 Å². The highest BCUT2D eigenvalue weighted by Gasteiger charge is 1.97. The lowest BCUT2D eigenvalue weighted by Crippen LogP contribution is -2.04. The molecule has 2 aromatic rings. The first-order chi connectivity index (χ1) is 9.78. The smallest absolute Gasteiger partial charge is 0.119 e. The maximum Gasteiger partial charge on any atom is 0.119 e. The lowest BCUT2D eigenvalue weighted by molar-refractivity contribution is 0.146. The summed E-state index contributed by atoms with van der Waals surface area (Å²) in [6, 6.07) is 16.2. The van der Waals surface area contributed by atoms with Crippen LogP contribution in [0.4, 0.5) is 5.69 Å². The molecule has 0 saturated heterocycles. The third-order valence-electron chi connectivity index (χ3n) is 2.82. The number of ether oxygens (including phenoxy) is 2. The molecule has 0 aliphatic rings. The Bertz CT molecular complexity index is 511. The SMILES string of the molecule is COCCOc1ccc(NCc2ccc(Br)cc2)cc1. The van der Waals surface area contributed by atoms with Crippen molar-refractivity contribution >= 4 is 21.6 Å². The number of rotatable bonds is 7. The highest BCUT2D eigenvalue weighted by molar-refractivity contribution is 9.10. The fourth-order valence-electron chi connectivity index (χ4n) is 1.72. The Morgan fingerprint density at radius 1 is 0.950 bits per heavy atom. The highest BCUT2D eigenvalue weighted by atomic mass is 79.9. The molecule has 20 heavy (non-hydrogen) atoms. The van der Waals surface area contributed by atoms with Crippen molar-refractivity contribution in [3.63, 3.8) is 0 Å². The number of methoxy groups -OCH3 is 1. The number of hydrogen-bond donors (Lipinski definition) is 1.